The molecule has 6 heteroatoms. The summed E-state index contributed by atoms with van der Waals surface area (Å²) in [5, 5.41) is 2.86. The number of morpholine rings is 1. The molecule has 1 N–H and O–H groups in total. The van der Waals surface area contributed by atoms with Crippen LogP contribution in [-0.4, -0.2) is 50.2 Å². The summed E-state index contributed by atoms with van der Waals surface area (Å²) >= 11 is 0. The van der Waals surface area contributed by atoms with Crippen LogP contribution in [0.5, 0.6) is 0 Å². The van der Waals surface area contributed by atoms with Crippen molar-refractivity contribution in [3.63, 3.8) is 0 Å². The average Bonchev–Trinajstić information content (AvgIpc) is 2.96. The van der Waals surface area contributed by atoms with Gasteiger partial charge in [-0.15, -0.1) is 12.4 Å². The van der Waals surface area contributed by atoms with E-state index in [4.69, 9.17) is 9.15 Å². The van der Waals surface area contributed by atoms with E-state index in [9.17, 15) is 4.79 Å². The molecule has 112 valence electrons. The minimum Gasteiger partial charge on any atom is -0.465 e. The van der Waals surface area contributed by atoms with Crippen LogP contribution in [-0.2, 0) is 9.53 Å². The highest BCUT2D eigenvalue weighted by Gasteiger charge is 2.09. The van der Waals surface area contributed by atoms with Gasteiger partial charge >= 0.3 is 0 Å². The van der Waals surface area contributed by atoms with Crippen LogP contribution in [0.3, 0.4) is 0 Å². The minimum absolute atomic E-state index is 0. The van der Waals surface area contributed by atoms with Gasteiger partial charge in [-0.25, -0.2) is 0 Å². The number of ether oxygens (including phenoxy) is 1. The molecule has 2 heterocycles. The second-order valence-electron chi connectivity index (χ2n) is 4.45. The standard InChI is InChI=1S/C14H20N2O3.ClH/c17-14(5-4-13-3-1-10-19-13)15-6-2-7-16-8-11-18-12-9-16;/h1,3-5,10H,2,6-9,11-12H2,(H,15,17);1H/b5-4+;. The molecule has 0 unspecified atom stereocenters. The summed E-state index contributed by atoms with van der Waals surface area (Å²) in [5.41, 5.74) is 0. The molecular weight excluding hydrogens is 280 g/mol. The molecular formula is C14H21ClN2O3. The number of hydrogen-bond donors (Lipinski definition) is 1. The zero-order valence-corrected chi connectivity index (χ0v) is 12.2. The summed E-state index contributed by atoms with van der Waals surface area (Å²) in [6, 6.07) is 3.60. The third-order valence-electron chi connectivity index (χ3n) is 3.00. The predicted molar refractivity (Wildman–Crippen MR) is 79.9 cm³/mol. The van der Waals surface area contributed by atoms with Crippen LogP contribution in [0.2, 0.25) is 0 Å². The smallest absolute Gasteiger partial charge is 0.244 e. The van der Waals surface area contributed by atoms with Crippen LogP contribution in [0.1, 0.15) is 12.2 Å². The third-order valence-corrected chi connectivity index (χ3v) is 3.00. The molecule has 0 bridgehead atoms. The molecule has 0 aromatic carbocycles. The molecule has 1 saturated heterocycles. The Morgan fingerprint density at radius 3 is 2.90 bits per heavy atom. The molecule has 5 nitrogen and oxygen atoms in total. The molecule has 2 rings (SSSR count). The normalized spacial score (nSPS) is 16.0. The summed E-state index contributed by atoms with van der Waals surface area (Å²) in [5.74, 6) is 0.599. The highest BCUT2D eigenvalue weighted by molar-refractivity contribution is 5.91. The number of carbonyl (C=O) groups is 1. The van der Waals surface area contributed by atoms with Crippen molar-refractivity contribution in [2.45, 2.75) is 6.42 Å². The van der Waals surface area contributed by atoms with Crippen LogP contribution in [0.25, 0.3) is 6.08 Å². The number of nitrogens with zero attached hydrogens (tertiary/aromatic N) is 1. The zero-order chi connectivity index (χ0) is 13.3. The Kier molecular flexibility index (Phi) is 8.02. The molecule has 0 radical (unpaired) electrons. The Morgan fingerprint density at radius 1 is 1.40 bits per heavy atom. The van der Waals surface area contributed by atoms with Crippen molar-refractivity contribution < 1.29 is 13.9 Å². The van der Waals surface area contributed by atoms with Crippen molar-refractivity contribution in [1.82, 2.24) is 10.2 Å². The first-order valence-corrected chi connectivity index (χ1v) is 6.64. The van der Waals surface area contributed by atoms with Gasteiger partial charge in [-0.05, 0) is 31.2 Å². The predicted octanol–water partition coefficient (Wildman–Crippen LogP) is 1.55. The zero-order valence-electron chi connectivity index (χ0n) is 11.4. The second-order valence-corrected chi connectivity index (χ2v) is 4.45. The van der Waals surface area contributed by atoms with E-state index in [2.05, 4.69) is 10.2 Å². The number of carbonyl (C=O) groups excluding carboxylic acids is 1. The molecule has 1 fully saturated rings. The van der Waals surface area contributed by atoms with E-state index in [1.54, 1.807) is 18.4 Å². The van der Waals surface area contributed by atoms with Crippen molar-refractivity contribution in [2.75, 3.05) is 39.4 Å². The van der Waals surface area contributed by atoms with Crippen LogP contribution in [0.15, 0.2) is 28.9 Å². The molecule has 1 aliphatic rings. The number of furan rings is 1. The van der Waals surface area contributed by atoms with Gasteiger partial charge in [0.05, 0.1) is 19.5 Å². The Balaban J connectivity index is 0.00000200. The van der Waals surface area contributed by atoms with E-state index >= 15 is 0 Å². The fraction of sp³-hybridized carbons (Fsp3) is 0.500. The molecule has 1 amide bonds. The van der Waals surface area contributed by atoms with Crippen molar-refractivity contribution in [3.05, 3.63) is 30.2 Å². The summed E-state index contributed by atoms with van der Waals surface area (Å²) in [7, 11) is 0. The van der Waals surface area contributed by atoms with Gasteiger partial charge in [0, 0.05) is 25.7 Å². The Morgan fingerprint density at radius 2 is 2.20 bits per heavy atom. The monoisotopic (exact) mass is 300 g/mol. The molecule has 1 aromatic rings. The van der Waals surface area contributed by atoms with Gasteiger partial charge in [0.2, 0.25) is 5.91 Å². The average molecular weight is 301 g/mol. The summed E-state index contributed by atoms with van der Waals surface area (Å²) in [6.45, 7) is 5.32. The van der Waals surface area contributed by atoms with Gasteiger partial charge in [-0.3, -0.25) is 9.69 Å². The Bertz CT molecular complexity index is 401. The Hall–Kier alpha value is -1.30. The van der Waals surface area contributed by atoms with Crippen molar-refractivity contribution in [2.24, 2.45) is 0 Å². The van der Waals surface area contributed by atoms with Crippen molar-refractivity contribution in [3.8, 4) is 0 Å². The fourth-order valence-corrected chi connectivity index (χ4v) is 1.94. The summed E-state index contributed by atoms with van der Waals surface area (Å²) < 4.78 is 10.4. The molecule has 20 heavy (non-hydrogen) atoms. The van der Waals surface area contributed by atoms with Gasteiger partial charge in [-0.2, -0.15) is 0 Å². The number of halogens is 1. The largest absolute Gasteiger partial charge is 0.465 e. The molecule has 0 saturated carbocycles. The molecule has 0 aliphatic carbocycles. The lowest BCUT2D eigenvalue weighted by Gasteiger charge is -2.26. The van der Waals surface area contributed by atoms with Crippen molar-refractivity contribution >= 4 is 24.4 Å². The highest BCUT2D eigenvalue weighted by atomic mass is 35.5. The minimum atomic E-state index is -0.0848. The maximum absolute atomic E-state index is 11.5. The highest BCUT2D eigenvalue weighted by Crippen LogP contribution is 2.01. The lowest BCUT2D eigenvalue weighted by atomic mass is 10.3. The van der Waals surface area contributed by atoms with Gasteiger partial charge in [0.1, 0.15) is 5.76 Å². The van der Waals surface area contributed by atoms with Gasteiger partial charge in [0.25, 0.3) is 0 Å². The fourth-order valence-electron chi connectivity index (χ4n) is 1.94. The van der Waals surface area contributed by atoms with Crippen LogP contribution in [0.4, 0.5) is 0 Å². The quantitative estimate of drug-likeness (QED) is 0.640. The number of nitrogens with one attached hydrogen (secondary N) is 1. The first-order chi connectivity index (χ1) is 9.34. The number of hydrogen-bond acceptors (Lipinski definition) is 4. The van der Waals surface area contributed by atoms with E-state index in [1.807, 2.05) is 6.07 Å². The van der Waals surface area contributed by atoms with Gasteiger partial charge < -0.3 is 14.5 Å². The molecule has 1 aliphatic heterocycles. The number of amides is 1. The van der Waals surface area contributed by atoms with Crippen LogP contribution in [0, 0.1) is 0 Å². The maximum Gasteiger partial charge on any atom is 0.244 e. The SMILES string of the molecule is Cl.O=C(/C=C/c1ccco1)NCCCN1CCOCC1. The second kappa shape index (κ2) is 9.58. The topological polar surface area (TPSA) is 54.7 Å². The van der Waals surface area contributed by atoms with Gasteiger partial charge in [-0.1, -0.05) is 0 Å². The van der Waals surface area contributed by atoms with E-state index in [0.717, 1.165) is 39.3 Å². The molecule has 0 spiro atoms. The number of rotatable bonds is 6. The van der Waals surface area contributed by atoms with E-state index in [1.165, 1.54) is 6.08 Å². The Labute approximate surface area is 125 Å². The summed E-state index contributed by atoms with van der Waals surface area (Å²) in [4.78, 5) is 13.9. The van der Waals surface area contributed by atoms with Crippen molar-refractivity contribution in [1.29, 1.82) is 0 Å². The van der Waals surface area contributed by atoms with E-state index < -0.39 is 0 Å². The molecule has 0 atom stereocenters. The van der Waals surface area contributed by atoms with Crippen LogP contribution < -0.4 is 5.32 Å². The first kappa shape index (κ1) is 16.8. The lowest BCUT2D eigenvalue weighted by Crippen LogP contribution is -2.38. The summed E-state index contributed by atoms with van der Waals surface area (Å²) in [6.07, 6.45) is 5.70. The van der Waals surface area contributed by atoms with E-state index in [0.29, 0.717) is 12.3 Å². The van der Waals surface area contributed by atoms with Gasteiger partial charge in [0.15, 0.2) is 0 Å². The lowest BCUT2D eigenvalue weighted by molar-refractivity contribution is -0.116. The van der Waals surface area contributed by atoms with E-state index in [-0.39, 0.29) is 18.3 Å². The van der Waals surface area contributed by atoms with Crippen LogP contribution >= 0.6 is 12.4 Å². The maximum atomic E-state index is 11.5. The first-order valence-electron chi connectivity index (χ1n) is 6.64. The molecule has 1 aromatic heterocycles. The third kappa shape index (κ3) is 6.23.